The van der Waals surface area contributed by atoms with Crippen LogP contribution in [-0.4, -0.2) is 17.3 Å². The van der Waals surface area contributed by atoms with Crippen LogP contribution in [0.15, 0.2) is 24.3 Å². The second kappa shape index (κ2) is 5.97. The Balaban J connectivity index is 2.40. The molecule has 4 nitrogen and oxygen atoms in total. The minimum Gasteiger partial charge on any atom is -0.434 e. The molecule has 102 valence electrons. The van der Waals surface area contributed by atoms with Crippen molar-refractivity contribution in [1.82, 2.24) is 4.57 Å². The van der Waals surface area contributed by atoms with Crippen LogP contribution in [0.4, 0.5) is 4.79 Å². The number of aromatic nitrogens is 1. The van der Waals surface area contributed by atoms with Gasteiger partial charge < -0.3 is 14.0 Å². The van der Waals surface area contributed by atoms with Crippen LogP contribution < -0.4 is 4.74 Å². The first-order valence-electron chi connectivity index (χ1n) is 6.29. The summed E-state index contributed by atoms with van der Waals surface area (Å²) in [4.78, 5) is 11.4. The molecule has 0 spiro atoms. The molecule has 0 atom stereocenters. The zero-order chi connectivity index (χ0) is 13.8. The molecule has 1 aromatic heterocycles. The molecule has 0 aliphatic heterocycles. The number of ether oxygens (including phenoxy) is 2. The Labute approximate surface area is 116 Å². The normalized spacial score (nSPS) is 10.7. The van der Waals surface area contributed by atoms with E-state index < -0.39 is 6.16 Å². The first-order valence-corrected chi connectivity index (χ1v) is 6.67. The van der Waals surface area contributed by atoms with Crippen LogP contribution in [0.5, 0.6) is 5.88 Å². The van der Waals surface area contributed by atoms with Gasteiger partial charge in [-0.05, 0) is 31.5 Å². The number of hydrogen-bond acceptors (Lipinski definition) is 3. The summed E-state index contributed by atoms with van der Waals surface area (Å²) >= 11 is 5.97. The van der Waals surface area contributed by atoms with Gasteiger partial charge in [0.15, 0.2) is 0 Å². The number of carbonyl (C=O) groups is 1. The van der Waals surface area contributed by atoms with Crippen molar-refractivity contribution < 1.29 is 14.3 Å². The average molecular weight is 282 g/mol. The maximum Gasteiger partial charge on any atom is 0.515 e. The molecule has 0 aliphatic carbocycles. The Kier molecular flexibility index (Phi) is 4.32. The van der Waals surface area contributed by atoms with Gasteiger partial charge in [0, 0.05) is 23.0 Å². The first kappa shape index (κ1) is 13.7. The van der Waals surface area contributed by atoms with E-state index in [2.05, 4.69) is 6.92 Å². The fraction of sp³-hybridized carbons (Fsp3) is 0.357. The van der Waals surface area contributed by atoms with Gasteiger partial charge in [0.1, 0.15) is 0 Å². The van der Waals surface area contributed by atoms with Gasteiger partial charge in [0.05, 0.1) is 12.1 Å². The largest absolute Gasteiger partial charge is 0.515 e. The summed E-state index contributed by atoms with van der Waals surface area (Å²) in [5.41, 5.74) is 0.991. The molecule has 5 heteroatoms. The molecule has 0 saturated heterocycles. The third kappa shape index (κ3) is 3.01. The molecule has 0 unspecified atom stereocenters. The van der Waals surface area contributed by atoms with Crippen LogP contribution >= 0.6 is 11.6 Å². The van der Waals surface area contributed by atoms with Crippen molar-refractivity contribution in [2.45, 2.75) is 26.8 Å². The van der Waals surface area contributed by atoms with Gasteiger partial charge in [-0.3, -0.25) is 0 Å². The van der Waals surface area contributed by atoms with Crippen molar-refractivity contribution >= 4 is 28.7 Å². The Morgan fingerprint density at radius 3 is 2.79 bits per heavy atom. The lowest BCUT2D eigenvalue weighted by Crippen LogP contribution is -2.13. The monoisotopic (exact) mass is 281 g/mol. The summed E-state index contributed by atoms with van der Waals surface area (Å²) < 4.78 is 12.0. The maximum atomic E-state index is 11.4. The summed E-state index contributed by atoms with van der Waals surface area (Å²) in [7, 11) is 0. The van der Waals surface area contributed by atoms with E-state index in [1.807, 2.05) is 22.8 Å². The van der Waals surface area contributed by atoms with E-state index in [9.17, 15) is 4.79 Å². The quantitative estimate of drug-likeness (QED) is 0.787. The third-order valence-electron chi connectivity index (χ3n) is 2.72. The molecule has 0 amide bonds. The van der Waals surface area contributed by atoms with Gasteiger partial charge in [-0.1, -0.05) is 18.5 Å². The van der Waals surface area contributed by atoms with Crippen LogP contribution in [0.25, 0.3) is 10.9 Å². The van der Waals surface area contributed by atoms with Crippen molar-refractivity contribution in [1.29, 1.82) is 0 Å². The Bertz CT molecular complexity index is 592. The van der Waals surface area contributed by atoms with E-state index in [1.165, 1.54) is 0 Å². The Morgan fingerprint density at radius 2 is 2.11 bits per heavy atom. The van der Waals surface area contributed by atoms with Crippen LogP contribution in [-0.2, 0) is 11.3 Å². The molecular formula is C14H16ClNO3. The second-order valence-electron chi connectivity index (χ2n) is 4.12. The first-order chi connectivity index (χ1) is 9.15. The van der Waals surface area contributed by atoms with Gasteiger partial charge >= 0.3 is 6.16 Å². The highest BCUT2D eigenvalue weighted by molar-refractivity contribution is 6.31. The fourth-order valence-electron chi connectivity index (χ4n) is 1.99. The highest BCUT2D eigenvalue weighted by Gasteiger charge is 2.13. The molecular weight excluding hydrogens is 266 g/mol. The number of hydrogen-bond donors (Lipinski definition) is 0. The lowest BCUT2D eigenvalue weighted by atomic mass is 10.2. The standard InChI is InChI=1S/C14H16ClNO3/c1-3-7-16-12-6-5-11(15)8-10(12)9-13(16)19-14(17)18-4-2/h5-6,8-9H,3-4,7H2,1-2H3. The van der Waals surface area contributed by atoms with Crippen LogP contribution in [0.1, 0.15) is 20.3 Å². The topological polar surface area (TPSA) is 40.5 Å². The minimum absolute atomic E-state index is 0.290. The fourth-order valence-corrected chi connectivity index (χ4v) is 2.17. The zero-order valence-corrected chi connectivity index (χ0v) is 11.7. The summed E-state index contributed by atoms with van der Waals surface area (Å²) in [5, 5.41) is 1.60. The van der Waals surface area contributed by atoms with Gasteiger partial charge in [0.2, 0.25) is 5.88 Å². The SMILES string of the molecule is CCCn1c(OC(=O)OCC)cc2cc(Cl)ccc21. The summed E-state index contributed by atoms with van der Waals surface area (Å²) in [5.74, 6) is 0.484. The molecule has 0 saturated carbocycles. The molecule has 0 fully saturated rings. The number of aryl methyl sites for hydroxylation is 1. The maximum absolute atomic E-state index is 11.4. The Morgan fingerprint density at radius 1 is 1.32 bits per heavy atom. The summed E-state index contributed by atoms with van der Waals surface area (Å²) in [6.07, 6.45) is 0.250. The van der Waals surface area contributed by atoms with E-state index in [0.717, 1.165) is 23.9 Å². The molecule has 0 bridgehead atoms. The molecule has 0 radical (unpaired) electrons. The van der Waals surface area contributed by atoms with E-state index in [4.69, 9.17) is 21.1 Å². The van der Waals surface area contributed by atoms with Gasteiger partial charge in [-0.25, -0.2) is 4.79 Å². The highest BCUT2D eigenvalue weighted by Crippen LogP contribution is 2.28. The number of rotatable bonds is 4. The lowest BCUT2D eigenvalue weighted by Gasteiger charge is -2.09. The number of fused-ring (bicyclic) bond motifs is 1. The second-order valence-corrected chi connectivity index (χ2v) is 4.56. The van der Waals surface area contributed by atoms with E-state index in [0.29, 0.717) is 17.5 Å². The molecule has 2 aromatic rings. The van der Waals surface area contributed by atoms with E-state index in [1.54, 1.807) is 13.0 Å². The predicted molar refractivity (Wildman–Crippen MR) is 74.9 cm³/mol. The molecule has 19 heavy (non-hydrogen) atoms. The lowest BCUT2D eigenvalue weighted by molar-refractivity contribution is 0.101. The van der Waals surface area contributed by atoms with Crippen molar-refractivity contribution in [2.24, 2.45) is 0 Å². The molecule has 1 aromatic carbocycles. The molecule has 1 heterocycles. The van der Waals surface area contributed by atoms with Crippen LogP contribution in [0, 0.1) is 0 Å². The predicted octanol–water partition coefficient (Wildman–Crippen LogP) is 4.24. The van der Waals surface area contributed by atoms with Crippen molar-refractivity contribution in [3.05, 3.63) is 29.3 Å². The van der Waals surface area contributed by atoms with Gasteiger partial charge in [0.25, 0.3) is 0 Å². The minimum atomic E-state index is -0.686. The zero-order valence-electron chi connectivity index (χ0n) is 11.0. The van der Waals surface area contributed by atoms with Crippen molar-refractivity contribution in [3.63, 3.8) is 0 Å². The summed E-state index contributed by atoms with van der Waals surface area (Å²) in [6.45, 7) is 4.86. The number of carbonyl (C=O) groups excluding carboxylic acids is 1. The molecule has 0 N–H and O–H groups in total. The van der Waals surface area contributed by atoms with E-state index in [-0.39, 0.29) is 0 Å². The smallest absolute Gasteiger partial charge is 0.434 e. The van der Waals surface area contributed by atoms with E-state index >= 15 is 0 Å². The molecule has 2 rings (SSSR count). The molecule has 0 aliphatic rings. The number of halogens is 1. The van der Waals surface area contributed by atoms with Crippen molar-refractivity contribution in [2.75, 3.05) is 6.61 Å². The summed E-state index contributed by atoms with van der Waals surface area (Å²) in [6, 6.07) is 7.39. The third-order valence-corrected chi connectivity index (χ3v) is 2.96. The highest BCUT2D eigenvalue weighted by atomic mass is 35.5. The average Bonchev–Trinajstić information content (AvgIpc) is 2.67. The van der Waals surface area contributed by atoms with Gasteiger partial charge in [-0.15, -0.1) is 0 Å². The van der Waals surface area contributed by atoms with Crippen LogP contribution in [0.2, 0.25) is 5.02 Å². The van der Waals surface area contributed by atoms with Gasteiger partial charge in [-0.2, -0.15) is 0 Å². The van der Waals surface area contributed by atoms with Crippen LogP contribution in [0.3, 0.4) is 0 Å². The van der Waals surface area contributed by atoms with Crippen molar-refractivity contribution in [3.8, 4) is 5.88 Å². The number of benzene rings is 1. The Hall–Kier alpha value is -1.68. The number of nitrogens with zero attached hydrogens (tertiary/aromatic N) is 1.